The Balaban J connectivity index is 1.56. The third kappa shape index (κ3) is 5.69. The van der Waals surface area contributed by atoms with Crippen molar-refractivity contribution in [1.29, 1.82) is 0 Å². The van der Waals surface area contributed by atoms with Crippen LogP contribution in [0.3, 0.4) is 0 Å². The van der Waals surface area contributed by atoms with Gasteiger partial charge < -0.3 is 14.5 Å². The van der Waals surface area contributed by atoms with Crippen LogP contribution in [0.4, 0.5) is 5.69 Å². The molecule has 3 aromatic rings. The maximum Gasteiger partial charge on any atom is 0.291 e. The monoisotopic (exact) mass is 414 g/mol. The Kier molecular flexibility index (Phi) is 6.36. The van der Waals surface area contributed by atoms with Crippen LogP contribution in [0.1, 0.15) is 35.2 Å². The lowest BCUT2D eigenvalue weighted by atomic mass is 10.1. The topological polar surface area (TPSA) is 112 Å². The molecule has 8 heteroatoms. The molecule has 0 spiro atoms. The van der Waals surface area contributed by atoms with Crippen molar-refractivity contribution in [3.8, 4) is 5.75 Å². The van der Waals surface area contributed by atoms with Crippen molar-refractivity contribution in [2.75, 3.05) is 5.32 Å². The van der Waals surface area contributed by atoms with Gasteiger partial charge in [-0.2, -0.15) is 0 Å². The van der Waals surface area contributed by atoms with Gasteiger partial charge in [0.25, 0.3) is 5.91 Å². The number of benzene rings is 2. The van der Waals surface area contributed by atoms with Crippen LogP contribution in [0, 0.1) is 0 Å². The number of furan rings is 1. The van der Waals surface area contributed by atoms with E-state index in [1.54, 1.807) is 12.1 Å². The SMILES string of the molecule is CCCc1ccc(OCc2ccc(C(=O)Nc3ccc(S(N)(=O)=O)cc3)o2)cc1. The number of anilines is 1. The van der Waals surface area contributed by atoms with E-state index in [0.29, 0.717) is 11.4 Å². The highest BCUT2D eigenvalue weighted by Crippen LogP contribution is 2.18. The van der Waals surface area contributed by atoms with Crippen LogP contribution in [-0.2, 0) is 23.1 Å². The molecular formula is C21H22N2O5S. The fourth-order valence-electron chi connectivity index (χ4n) is 2.69. The molecule has 3 rings (SSSR count). The Hall–Kier alpha value is -3.10. The zero-order valence-corrected chi connectivity index (χ0v) is 16.7. The highest BCUT2D eigenvalue weighted by Gasteiger charge is 2.13. The van der Waals surface area contributed by atoms with Crippen molar-refractivity contribution in [1.82, 2.24) is 0 Å². The van der Waals surface area contributed by atoms with Crippen LogP contribution < -0.4 is 15.2 Å². The molecule has 0 unspecified atom stereocenters. The summed E-state index contributed by atoms with van der Waals surface area (Å²) in [7, 11) is -3.78. The number of hydrogen-bond acceptors (Lipinski definition) is 5. The summed E-state index contributed by atoms with van der Waals surface area (Å²) in [6, 6.07) is 16.6. The molecule has 0 fully saturated rings. The van der Waals surface area contributed by atoms with Crippen molar-refractivity contribution >= 4 is 21.6 Å². The van der Waals surface area contributed by atoms with Crippen molar-refractivity contribution in [3.63, 3.8) is 0 Å². The first-order chi connectivity index (χ1) is 13.8. The lowest BCUT2D eigenvalue weighted by Crippen LogP contribution is -2.13. The molecule has 1 amide bonds. The second-order valence-electron chi connectivity index (χ2n) is 6.47. The van der Waals surface area contributed by atoms with E-state index >= 15 is 0 Å². The first kappa shape index (κ1) is 20.6. The number of rotatable bonds is 8. The Morgan fingerprint density at radius 1 is 1.03 bits per heavy atom. The number of carbonyl (C=O) groups is 1. The number of nitrogens with one attached hydrogen (secondary N) is 1. The van der Waals surface area contributed by atoms with Crippen LogP contribution in [0.5, 0.6) is 5.75 Å². The number of carbonyl (C=O) groups excluding carboxylic acids is 1. The Labute approximate surface area is 169 Å². The largest absolute Gasteiger partial charge is 0.486 e. The number of primary sulfonamides is 1. The quantitative estimate of drug-likeness (QED) is 0.584. The van der Waals surface area contributed by atoms with Gasteiger partial charge in [-0.25, -0.2) is 13.6 Å². The van der Waals surface area contributed by atoms with E-state index in [9.17, 15) is 13.2 Å². The summed E-state index contributed by atoms with van der Waals surface area (Å²) >= 11 is 0. The Bertz CT molecular complexity index is 1070. The standard InChI is InChI=1S/C21H22N2O5S/c1-2-3-15-4-8-17(9-5-15)27-14-18-10-13-20(28-18)21(24)23-16-6-11-19(12-7-16)29(22,25)26/h4-13H,2-3,14H2,1H3,(H,23,24)(H2,22,25,26). The number of amides is 1. The van der Waals surface area contributed by atoms with Crippen LogP contribution in [-0.4, -0.2) is 14.3 Å². The minimum atomic E-state index is -3.78. The fraction of sp³-hybridized carbons (Fsp3) is 0.190. The molecule has 2 aromatic carbocycles. The fourth-order valence-corrected chi connectivity index (χ4v) is 3.21. The first-order valence-electron chi connectivity index (χ1n) is 9.10. The van der Waals surface area contributed by atoms with Crippen molar-refractivity contribution in [2.24, 2.45) is 5.14 Å². The molecular weight excluding hydrogens is 392 g/mol. The summed E-state index contributed by atoms with van der Waals surface area (Å²) in [5.41, 5.74) is 1.68. The minimum Gasteiger partial charge on any atom is -0.486 e. The molecule has 0 saturated carbocycles. The average molecular weight is 414 g/mol. The zero-order valence-electron chi connectivity index (χ0n) is 15.9. The number of nitrogens with two attached hydrogens (primary N) is 1. The number of sulfonamides is 1. The number of ether oxygens (including phenoxy) is 1. The Morgan fingerprint density at radius 2 is 1.72 bits per heavy atom. The molecule has 3 N–H and O–H groups in total. The van der Waals surface area contributed by atoms with Crippen molar-refractivity contribution < 1.29 is 22.4 Å². The summed E-state index contributed by atoms with van der Waals surface area (Å²) in [6.45, 7) is 2.33. The van der Waals surface area contributed by atoms with Crippen LogP contribution in [0.2, 0.25) is 0 Å². The number of aryl methyl sites for hydroxylation is 1. The lowest BCUT2D eigenvalue weighted by Gasteiger charge is -2.06. The molecule has 0 aliphatic rings. The van der Waals surface area contributed by atoms with E-state index in [1.807, 2.05) is 24.3 Å². The van der Waals surface area contributed by atoms with E-state index in [2.05, 4.69) is 12.2 Å². The highest BCUT2D eigenvalue weighted by atomic mass is 32.2. The molecule has 0 aliphatic heterocycles. The Morgan fingerprint density at radius 3 is 2.34 bits per heavy atom. The molecule has 0 aliphatic carbocycles. The van der Waals surface area contributed by atoms with Crippen molar-refractivity contribution in [2.45, 2.75) is 31.3 Å². The van der Waals surface area contributed by atoms with E-state index in [0.717, 1.165) is 18.6 Å². The van der Waals surface area contributed by atoms with Gasteiger partial charge in [0, 0.05) is 5.69 Å². The molecule has 1 heterocycles. The predicted octanol–water partition coefficient (Wildman–Crippen LogP) is 3.71. The van der Waals surface area contributed by atoms with Crippen LogP contribution >= 0.6 is 0 Å². The van der Waals surface area contributed by atoms with E-state index in [-0.39, 0.29) is 17.3 Å². The van der Waals surface area contributed by atoms with Gasteiger partial charge in [-0.05, 0) is 60.5 Å². The lowest BCUT2D eigenvalue weighted by molar-refractivity contribution is 0.0992. The van der Waals surface area contributed by atoms with Gasteiger partial charge in [-0.15, -0.1) is 0 Å². The van der Waals surface area contributed by atoms with Gasteiger partial charge in [0.05, 0.1) is 4.90 Å². The normalized spacial score (nSPS) is 11.2. The molecule has 1 aromatic heterocycles. The van der Waals surface area contributed by atoms with Gasteiger partial charge >= 0.3 is 0 Å². The van der Waals surface area contributed by atoms with Gasteiger partial charge in [0.2, 0.25) is 10.0 Å². The van der Waals surface area contributed by atoms with Gasteiger partial charge in [0.15, 0.2) is 5.76 Å². The maximum atomic E-state index is 12.3. The average Bonchev–Trinajstić information content (AvgIpc) is 3.17. The minimum absolute atomic E-state index is 0.0318. The zero-order chi connectivity index (χ0) is 20.9. The molecule has 0 saturated heterocycles. The number of hydrogen-bond donors (Lipinski definition) is 2. The second-order valence-corrected chi connectivity index (χ2v) is 8.03. The molecule has 152 valence electrons. The first-order valence-corrected chi connectivity index (χ1v) is 10.6. The van der Waals surface area contributed by atoms with Crippen LogP contribution in [0.15, 0.2) is 70.0 Å². The van der Waals surface area contributed by atoms with E-state index in [1.165, 1.54) is 29.8 Å². The third-order valence-corrected chi connectivity index (χ3v) is 5.10. The van der Waals surface area contributed by atoms with Gasteiger partial charge in [0.1, 0.15) is 18.1 Å². The van der Waals surface area contributed by atoms with Gasteiger partial charge in [-0.1, -0.05) is 25.5 Å². The van der Waals surface area contributed by atoms with Gasteiger partial charge in [-0.3, -0.25) is 4.79 Å². The molecule has 0 bridgehead atoms. The third-order valence-electron chi connectivity index (χ3n) is 4.17. The summed E-state index contributed by atoms with van der Waals surface area (Å²) in [5.74, 6) is 0.903. The summed E-state index contributed by atoms with van der Waals surface area (Å²) < 4.78 is 33.7. The molecule has 0 radical (unpaired) electrons. The maximum absolute atomic E-state index is 12.3. The van der Waals surface area contributed by atoms with E-state index in [4.69, 9.17) is 14.3 Å². The van der Waals surface area contributed by atoms with E-state index < -0.39 is 15.9 Å². The highest BCUT2D eigenvalue weighted by molar-refractivity contribution is 7.89. The van der Waals surface area contributed by atoms with Crippen LogP contribution in [0.25, 0.3) is 0 Å². The summed E-state index contributed by atoms with van der Waals surface area (Å²) in [5, 5.41) is 7.68. The van der Waals surface area contributed by atoms with Crippen molar-refractivity contribution in [3.05, 3.63) is 77.7 Å². The predicted molar refractivity (Wildman–Crippen MR) is 109 cm³/mol. The molecule has 0 atom stereocenters. The smallest absolute Gasteiger partial charge is 0.291 e. The molecule has 7 nitrogen and oxygen atoms in total. The summed E-state index contributed by atoms with van der Waals surface area (Å²) in [6.07, 6.45) is 2.12. The summed E-state index contributed by atoms with van der Waals surface area (Å²) in [4.78, 5) is 12.3. The second kappa shape index (κ2) is 8.93. The molecule has 29 heavy (non-hydrogen) atoms.